The molecule has 0 bridgehead atoms. The van der Waals surface area contributed by atoms with Crippen LogP contribution in [0.3, 0.4) is 0 Å². The molecule has 0 N–H and O–H groups in total. The molecule has 0 aliphatic carbocycles. The minimum Gasteiger partial charge on any atom is -0.460 e. The van der Waals surface area contributed by atoms with Crippen LogP contribution in [0.5, 0.6) is 0 Å². The number of unbranched alkanes of at least 4 members (excludes halogenated alkanes) is 8. The van der Waals surface area contributed by atoms with Crippen molar-refractivity contribution >= 4 is 54.3 Å². The molecule has 2 heterocycles. The Morgan fingerprint density at radius 2 is 0.789 bits per heavy atom. The number of rotatable bonds is 12. The maximum atomic E-state index is 6.42. The highest BCUT2D eigenvalue weighted by molar-refractivity contribution is 6.23. The molecular weight excluding hydrogens is 464 g/mol. The monoisotopic (exact) mass is 504 g/mol. The van der Waals surface area contributed by atoms with E-state index in [0.29, 0.717) is 0 Å². The maximum absolute atomic E-state index is 6.42. The van der Waals surface area contributed by atoms with Crippen LogP contribution in [0.15, 0.2) is 69.5 Å². The lowest BCUT2D eigenvalue weighted by Crippen LogP contribution is -1.83. The van der Waals surface area contributed by atoms with E-state index in [1.807, 2.05) is 0 Å². The minimum atomic E-state index is 1.03. The van der Waals surface area contributed by atoms with Crippen molar-refractivity contribution in [3.05, 3.63) is 72.2 Å². The molecule has 38 heavy (non-hydrogen) atoms. The van der Waals surface area contributed by atoms with Gasteiger partial charge in [-0.05, 0) is 58.7 Å². The van der Waals surface area contributed by atoms with Gasteiger partial charge in [0.15, 0.2) is 0 Å². The van der Waals surface area contributed by atoms with Gasteiger partial charge in [0.2, 0.25) is 0 Å². The second-order valence-electron chi connectivity index (χ2n) is 11.1. The van der Waals surface area contributed by atoms with Crippen molar-refractivity contribution in [3.63, 3.8) is 0 Å². The van der Waals surface area contributed by atoms with E-state index in [1.54, 1.807) is 0 Å². The SMILES string of the molecule is CCCCCCCc1cc2ccc3c4ccc5c(ccc6cc(CCCCCCC)oc65)c4ccc3c2o1. The van der Waals surface area contributed by atoms with Crippen LogP contribution in [0.1, 0.15) is 89.6 Å². The highest BCUT2D eigenvalue weighted by Crippen LogP contribution is 2.38. The summed E-state index contributed by atoms with van der Waals surface area (Å²) in [5.41, 5.74) is 2.05. The summed E-state index contributed by atoms with van der Waals surface area (Å²) in [7, 11) is 0. The summed E-state index contributed by atoms with van der Waals surface area (Å²) in [6, 6.07) is 22.5. The standard InChI is InChI=1S/C36H40O2/c1-3-5-7-9-11-13-27-23-25-15-17-31-29-20-22-34-32(30(29)19-21-33(31)35(25)37-27)18-16-26-24-28(38-36(26)34)14-12-10-8-6-4-2/h15-24H,3-14H2,1-2H3. The summed E-state index contributed by atoms with van der Waals surface area (Å²) in [5, 5.41) is 9.89. The first-order valence-electron chi connectivity index (χ1n) is 15.0. The second kappa shape index (κ2) is 11.2. The van der Waals surface area contributed by atoms with Crippen molar-refractivity contribution in [2.75, 3.05) is 0 Å². The normalized spacial score (nSPS) is 12.2. The molecule has 0 fully saturated rings. The number of hydrogen-bond acceptors (Lipinski definition) is 2. The molecule has 0 saturated heterocycles. The Morgan fingerprint density at radius 1 is 0.421 bits per heavy atom. The van der Waals surface area contributed by atoms with Gasteiger partial charge in [0.05, 0.1) is 0 Å². The third-order valence-corrected chi connectivity index (χ3v) is 8.31. The van der Waals surface area contributed by atoms with Crippen LogP contribution in [0.4, 0.5) is 0 Å². The van der Waals surface area contributed by atoms with Gasteiger partial charge in [-0.3, -0.25) is 0 Å². The molecule has 2 heteroatoms. The van der Waals surface area contributed by atoms with E-state index >= 15 is 0 Å². The fraction of sp³-hybridized carbons (Fsp3) is 0.389. The summed E-state index contributed by atoms with van der Waals surface area (Å²) < 4.78 is 12.8. The van der Waals surface area contributed by atoms with Crippen LogP contribution in [-0.4, -0.2) is 0 Å². The van der Waals surface area contributed by atoms with E-state index in [9.17, 15) is 0 Å². The maximum Gasteiger partial charge on any atom is 0.142 e. The third kappa shape index (κ3) is 4.82. The predicted octanol–water partition coefficient (Wildman–Crippen LogP) is 11.7. The molecule has 2 aromatic heterocycles. The molecule has 6 rings (SSSR count). The number of furan rings is 2. The zero-order valence-electron chi connectivity index (χ0n) is 23.1. The van der Waals surface area contributed by atoms with Crippen LogP contribution < -0.4 is 0 Å². The summed E-state index contributed by atoms with van der Waals surface area (Å²) in [4.78, 5) is 0. The van der Waals surface area contributed by atoms with Gasteiger partial charge in [-0.1, -0.05) is 102 Å². The Bertz CT molecular complexity index is 1570. The van der Waals surface area contributed by atoms with Crippen molar-refractivity contribution in [2.45, 2.75) is 90.9 Å². The fourth-order valence-electron chi connectivity index (χ4n) is 6.19. The summed E-state index contributed by atoms with van der Waals surface area (Å²) in [6.45, 7) is 4.53. The number of fused-ring (bicyclic) bond motifs is 9. The molecule has 0 spiro atoms. The lowest BCUT2D eigenvalue weighted by Gasteiger charge is -2.08. The Kier molecular flexibility index (Phi) is 7.40. The zero-order chi connectivity index (χ0) is 25.9. The second-order valence-corrected chi connectivity index (χ2v) is 11.1. The van der Waals surface area contributed by atoms with Crippen LogP contribution >= 0.6 is 0 Å². The molecule has 0 unspecified atom stereocenters. The van der Waals surface area contributed by atoms with Gasteiger partial charge in [0.1, 0.15) is 22.7 Å². The van der Waals surface area contributed by atoms with Crippen LogP contribution in [0.2, 0.25) is 0 Å². The molecular formula is C36H40O2. The van der Waals surface area contributed by atoms with Crippen molar-refractivity contribution in [3.8, 4) is 0 Å². The lowest BCUT2D eigenvalue weighted by atomic mass is 9.95. The first-order chi connectivity index (χ1) is 18.8. The van der Waals surface area contributed by atoms with Crippen molar-refractivity contribution < 1.29 is 8.83 Å². The van der Waals surface area contributed by atoms with E-state index in [2.05, 4.69) is 74.5 Å². The molecule has 0 atom stereocenters. The van der Waals surface area contributed by atoms with Crippen LogP contribution in [-0.2, 0) is 12.8 Å². The zero-order valence-corrected chi connectivity index (χ0v) is 23.1. The van der Waals surface area contributed by atoms with Crippen LogP contribution in [0, 0.1) is 0 Å². The van der Waals surface area contributed by atoms with Gasteiger partial charge < -0.3 is 8.83 Å². The van der Waals surface area contributed by atoms with E-state index < -0.39 is 0 Å². The molecule has 4 aromatic carbocycles. The van der Waals surface area contributed by atoms with Gasteiger partial charge in [-0.2, -0.15) is 0 Å². The van der Waals surface area contributed by atoms with Gasteiger partial charge >= 0.3 is 0 Å². The Morgan fingerprint density at radius 3 is 1.24 bits per heavy atom. The van der Waals surface area contributed by atoms with E-state index in [4.69, 9.17) is 8.83 Å². The molecule has 0 amide bonds. The van der Waals surface area contributed by atoms with E-state index in [0.717, 1.165) is 35.5 Å². The first kappa shape index (κ1) is 25.0. The van der Waals surface area contributed by atoms with E-state index in [1.165, 1.54) is 107 Å². The van der Waals surface area contributed by atoms with E-state index in [-0.39, 0.29) is 0 Å². The Balaban J connectivity index is 1.33. The minimum absolute atomic E-state index is 1.03. The largest absolute Gasteiger partial charge is 0.460 e. The summed E-state index contributed by atoms with van der Waals surface area (Å²) in [5.74, 6) is 2.23. The number of benzene rings is 4. The molecule has 0 aliphatic rings. The molecule has 6 aromatic rings. The van der Waals surface area contributed by atoms with Crippen molar-refractivity contribution in [1.82, 2.24) is 0 Å². The highest BCUT2D eigenvalue weighted by Gasteiger charge is 2.14. The molecule has 0 saturated carbocycles. The molecule has 196 valence electrons. The lowest BCUT2D eigenvalue weighted by molar-refractivity contribution is 0.525. The summed E-state index contributed by atoms with van der Waals surface area (Å²) in [6.07, 6.45) is 14.9. The third-order valence-electron chi connectivity index (χ3n) is 8.31. The fourth-order valence-corrected chi connectivity index (χ4v) is 6.19. The van der Waals surface area contributed by atoms with Gasteiger partial charge in [0.25, 0.3) is 0 Å². The summed E-state index contributed by atoms with van der Waals surface area (Å²) >= 11 is 0. The van der Waals surface area contributed by atoms with Crippen LogP contribution in [0.25, 0.3) is 54.3 Å². The first-order valence-corrected chi connectivity index (χ1v) is 15.0. The highest BCUT2D eigenvalue weighted by atomic mass is 16.3. The topological polar surface area (TPSA) is 26.3 Å². The molecule has 0 aliphatic heterocycles. The number of hydrogen-bond donors (Lipinski definition) is 0. The Hall–Kier alpha value is -3.26. The molecule has 2 nitrogen and oxygen atoms in total. The van der Waals surface area contributed by atoms with Crippen molar-refractivity contribution in [2.24, 2.45) is 0 Å². The quantitative estimate of drug-likeness (QED) is 0.122. The smallest absolute Gasteiger partial charge is 0.142 e. The molecule has 0 radical (unpaired) electrons. The predicted molar refractivity (Wildman–Crippen MR) is 163 cm³/mol. The average Bonchev–Trinajstić information content (AvgIpc) is 3.56. The van der Waals surface area contributed by atoms with Gasteiger partial charge in [-0.25, -0.2) is 0 Å². The number of aryl methyl sites for hydroxylation is 2. The Labute approximate surface area is 226 Å². The van der Waals surface area contributed by atoms with Crippen molar-refractivity contribution in [1.29, 1.82) is 0 Å². The van der Waals surface area contributed by atoms with Gasteiger partial charge in [0, 0.05) is 34.4 Å². The average molecular weight is 505 g/mol. The van der Waals surface area contributed by atoms with Gasteiger partial charge in [-0.15, -0.1) is 0 Å².